The van der Waals surface area contributed by atoms with Gasteiger partial charge in [-0.15, -0.1) is 0 Å². The maximum Gasteiger partial charge on any atom is 0.355 e. The minimum atomic E-state index is -0.935. The van der Waals surface area contributed by atoms with E-state index in [1.165, 1.54) is 13.3 Å². The minimum absolute atomic E-state index is 0.0465. The molecule has 0 bridgehead atoms. The van der Waals surface area contributed by atoms with Crippen molar-refractivity contribution in [2.45, 2.75) is 20.3 Å². The number of carbonyl (C=O) groups excluding carboxylic acids is 1. The summed E-state index contributed by atoms with van der Waals surface area (Å²) in [5, 5.41) is 0. The third kappa shape index (κ3) is 2.87. The largest absolute Gasteiger partial charge is 0.464 e. The van der Waals surface area contributed by atoms with E-state index in [-0.39, 0.29) is 5.70 Å². The molecule has 18 heavy (non-hydrogen) atoms. The second-order valence-corrected chi connectivity index (χ2v) is 4.57. The second-order valence-electron chi connectivity index (χ2n) is 3.66. The Morgan fingerprint density at radius 3 is 2.67 bits per heavy atom. The molecule has 1 heterocycles. The number of pyridine rings is 1. The van der Waals surface area contributed by atoms with Crippen molar-refractivity contribution in [2.24, 2.45) is 0 Å². The molecule has 0 aliphatic heterocycles. The fourth-order valence-electron chi connectivity index (χ4n) is 1.43. The van der Waals surface area contributed by atoms with Gasteiger partial charge in [-0.3, -0.25) is 9.36 Å². The zero-order chi connectivity index (χ0) is 13.9. The summed E-state index contributed by atoms with van der Waals surface area (Å²) in [6, 6.07) is 1.05. The van der Waals surface area contributed by atoms with Crippen LogP contribution >= 0.6 is 15.9 Å². The minimum Gasteiger partial charge on any atom is -0.464 e. The van der Waals surface area contributed by atoms with Crippen LogP contribution in [0.5, 0.6) is 0 Å². The fourth-order valence-corrected chi connectivity index (χ4v) is 1.83. The van der Waals surface area contributed by atoms with Crippen LogP contribution in [0, 0.1) is 5.82 Å². The number of methoxy groups -OCH3 is 1. The lowest BCUT2D eigenvalue weighted by atomic mass is 10.1. The number of aromatic nitrogens is 1. The van der Waals surface area contributed by atoms with Crippen molar-refractivity contribution in [3.63, 3.8) is 0 Å². The lowest BCUT2D eigenvalue weighted by molar-refractivity contribution is -0.134. The molecule has 0 saturated heterocycles. The van der Waals surface area contributed by atoms with Gasteiger partial charge in [-0.2, -0.15) is 0 Å². The lowest BCUT2D eigenvalue weighted by Crippen LogP contribution is -2.26. The average Bonchev–Trinajstić information content (AvgIpc) is 2.34. The van der Waals surface area contributed by atoms with Crippen LogP contribution < -0.4 is 5.56 Å². The second kappa shape index (κ2) is 5.95. The Hall–Kier alpha value is -1.43. The van der Waals surface area contributed by atoms with Crippen molar-refractivity contribution in [3.05, 3.63) is 38.5 Å². The molecule has 0 radical (unpaired) electrons. The number of rotatable bonds is 3. The Bertz CT molecular complexity index is 563. The topological polar surface area (TPSA) is 48.3 Å². The van der Waals surface area contributed by atoms with Gasteiger partial charge in [0.05, 0.1) is 7.11 Å². The molecule has 1 aromatic heterocycles. The highest BCUT2D eigenvalue weighted by Crippen LogP contribution is 2.17. The van der Waals surface area contributed by atoms with Gasteiger partial charge in [0, 0.05) is 10.7 Å². The maximum atomic E-state index is 13.4. The van der Waals surface area contributed by atoms with Crippen LogP contribution in [-0.2, 0) is 9.53 Å². The molecule has 0 spiro atoms. The molecule has 0 saturated carbocycles. The van der Waals surface area contributed by atoms with Crippen LogP contribution in [0.15, 0.2) is 27.1 Å². The van der Waals surface area contributed by atoms with Gasteiger partial charge in [0.1, 0.15) is 5.70 Å². The molecule has 1 aromatic rings. The number of nitrogens with zero attached hydrogens (tertiary/aromatic N) is 1. The summed E-state index contributed by atoms with van der Waals surface area (Å²) in [6.07, 6.45) is 1.89. The molecule has 0 aliphatic carbocycles. The van der Waals surface area contributed by atoms with E-state index >= 15 is 0 Å². The van der Waals surface area contributed by atoms with Crippen molar-refractivity contribution >= 4 is 27.6 Å². The first-order valence-electron chi connectivity index (χ1n) is 5.28. The normalized spacial score (nSPS) is 12.1. The van der Waals surface area contributed by atoms with E-state index < -0.39 is 17.3 Å². The summed E-state index contributed by atoms with van der Waals surface area (Å²) in [6.45, 7) is 3.52. The monoisotopic (exact) mass is 317 g/mol. The van der Waals surface area contributed by atoms with Gasteiger partial charge in [0.15, 0.2) is 5.82 Å². The highest BCUT2D eigenvalue weighted by atomic mass is 79.9. The molecule has 1 rings (SSSR count). The summed E-state index contributed by atoms with van der Waals surface area (Å²) in [4.78, 5) is 23.4. The molecular formula is C12H13BrFNO3. The van der Waals surface area contributed by atoms with Crippen molar-refractivity contribution in [1.82, 2.24) is 4.57 Å². The van der Waals surface area contributed by atoms with E-state index in [1.807, 2.05) is 6.92 Å². The number of esters is 1. The average molecular weight is 318 g/mol. The van der Waals surface area contributed by atoms with Crippen molar-refractivity contribution in [1.29, 1.82) is 0 Å². The van der Waals surface area contributed by atoms with Gasteiger partial charge in [-0.1, -0.05) is 6.92 Å². The van der Waals surface area contributed by atoms with Crippen LogP contribution in [0.25, 0.3) is 5.70 Å². The predicted octanol–water partition coefficient (Wildman–Crippen LogP) is 2.56. The van der Waals surface area contributed by atoms with E-state index in [4.69, 9.17) is 0 Å². The Labute approximate surface area is 112 Å². The molecule has 0 aromatic carbocycles. The molecule has 0 amide bonds. The quantitative estimate of drug-likeness (QED) is 0.636. The fraction of sp³-hybridized carbons (Fsp3) is 0.333. The highest BCUT2D eigenvalue weighted by Gasteiger charge is 2.18. The Balaban J connectivity index is 3.60. The molecule has 0 atom stereocenters. The van der Waals surface area contributed by atoms with E-state index in [1.54, 1.807) is 6.92 Å². The molecule has 4 nitrogen and oxygen atoms in total. The zero-order valence-corrected chi connectivity index (χ0v) is 11.9. The molecular weight excluding hydrogens is 305 g/mol. The summed E-state index contributed by atoms with van der Waals surface area (Å²) >= 11 is 3.08. The number of hydrogen-bond donors (Lipinski definition) is 0. The summed E-state index contributed by atoms with van der Waals surface area (Å²) in [5.41, 5.74) is -0.196. The lowest BCUT2D eigenvalue weighted by Gasteiger charge is -2.12. The molecule has 0 N–H and O–H groups in total. The van der Waals surface area contributed by atoms with Crippen LogP contribution in [-0.4, -0.2) is 17.6 Å². The van der Waals surface area contributed by atoms with Gasteiger partial charge < -0.3 is 4.74 Å². The first-order valence-corrected chi connectivity index (χ1v) is 6.07. The highest BCUT2D eigenvalue weighted by molar-refractivity contribution is 9.10. The van der Waals surface area contributed by atoms with Gasteiger partial charge >= 0.3 is 5.97 Å². The first-order chi connectivity index (χ1) is 8.42. The molecule has 98 valence electrons. The Morgan fingerprint density at radius 1 is 1.56 bits per heavy atom. The van der Waals surface area contributed by atoms with Gasteiger partial charge in [-0.25, -0.2) is 9.18 Å². The van der Waals surface area contributed by atoms with E-state index in [9.17, 15) is 14.0 Å². The first kappa shape index (κ1) is 14.6. The van der Waals surface area contributed by atoms with Crippen LogP contribution in [0.3, 0.4) is 0 Å². The maximum absolute atomic E-state index is 13.4. The number of carbonyl (C=O) groups is 1. The van der Waals surface area contributed by atoms with Crippen molar-refractivity contribution < 1.29 is 13.9 Å². The van der Waals surface area contributed by atoms with Crippen LogP contribution in [0.4, 0.5) is 4.39 Å². The third-order valence-corrected chi connectivity index (χ3v) is 2.93. The summed E-state index contributed by atoms with van der Waals surface area (Å²) in [5.74, 6) is -1.61. The van der Waals surface area contributed by atoms with E-state index in [0.29, 0.717) is 16.5 Å². The van der Waals surface area contributed by atoms with E-state index in [0.717, 1.165) is 10.6 Å². The zero-order valence-electron chi connectivity index (χ0n) is 10.3. The summed E-state index contributed by atoms with van der Waals surface area (Å²) in [7, 11) is 1.21. The Morgan fingerprint density at radius 2 is 2.17 bits per heavy atom. The number of ether oxygens (including phenoxy) is 1. The van der Waals surface area contributed by atoms with Crippen LogP contribution in [0.1, 0.15) is 20.3 Å². The smallest absolute Gasteiger partial charge is 0.355 e. The van der Waals surface area contributed by atoms with Crippen molar-refractivity contribution in [3.8, 4) is 0 Å². The van der Waals surface area contributed by atoms with Crippen molar-refractivity contribution in [2.75, 3.05) is 7.11 Å². The van der Waals surface area contributed by atoms with Gasteiger partial charge in [0.25, 0.3) is 5.56 Å². The standard InChI is InChI=1S/C12H13BrFNO3/c1-4-7(2)10(12(17)18-3)15-6-8(13)5-9(14)11(15)16/h5-6H,4H2,1-3H3/b10-7+. The number of allylic oxidation sites excluding steroid dienone is 1. The molecule has 6 heteroatoms. The molecule has 0 unspecified atom stereocenters. The van der Waals surface area contributed by atoms with Crippen LogP contribution in [0.2, 0.25) is 0 Å². The van der Waals surface area contributed by atoms with Gasteiger partial charge in [0.2, 0.25) is 0 Å². The van der Waals surface area contributed by atoms with E-state index in [2.05, 4.69) is 20.7 Å². The number of hydrogen-bond acceptors (Lipinski definition) is 3. The molecule has 0 fully saturated rings. The third-order valence-electron chi connectivity index (χ3n) is 2.49. The summed E-state index contributed by atoms with van der Waals surface area (Å²) < 4.78 is 19.4. The molecule has 0 aliphatic rings. The predicted molar refractivity (Wildman–Crippen MR) is 69.6 cm³/mol. The number of halogens is 2. The SMILES string of the molecule is CC/C(C)=C(\C(=O)OC)n1cc(Br)cc(F)c1=O. The Kier molecular flexibility index (Phi) is 4.84. The van der Waals surface area contributed by atoms with Gasteiger partial charge in [-0.05, 0) is 40.9 Å².